The predicted molar refractivity (Wildman–Crippen MR) is 208 cm³/mol. The molecular weight excluding hydrogens is 804 g/mol. The Hall–Kier alpha value is -5.78. The molecule has 0 aliphatic rings. The van der Waals surface area contributed by atoms with Crippen LogP contribution in [-0.4, -0.2) is 57.0 Å². The Kier molecular flexibility index (Phi) is 16.3. The van der Waals surface area contributed by atoms with Crippen molar-refractivity contribution in [1.29, 1.82) is 0 Å². The number of carbonyl (C=O) groups is 2. The fourth-order valence-electron chi connectivity index (χ4n) is 4.86. The molecule has 1 aromatic carbocycles. The van der Waals surface area contributed by atoms with Crippen LogP contribution in [0.4, 0.5) is 0 Å². The molecule has 52 heavy (non-hydrogen) atoms. The molecule has 7 rings (SSSR count). The number of thiophene rings is 1. The first-order valence-electron chi connectivity index (χ1n) is 14.7. The summed E-state index contributed by atoms with van der Waals surface area (Å²) in [7, 11) is 0. The number of thiocarbonyl (C=S) groups is 2. The molecule has 11 nitrogen and oxygen atoms in total. The van der Waals surface area contributed by atoms with Crippen molar-refractivity contribution < 1.29 is 39.3 Å². The van der Waals surface area contributed by atoms with E-state index in [9.17, 15) is 14.7 Å². The fraction of sp³-hybridized carbons (Fsp3) is 0.0270. The quantitative estimate of drug-likeness (QED) is 0.0898. The first-order chi connectivity index (χ1) is 24.8. The average Bonchev–Trinajstić information content (AvgIpc) is 3.78. The molecule has 0 spiro atoms. The van der Waals surface area contributed by atoms with Crippen LogP contribution in [0.15, 0.2) is 115 Å². The number of aromatic nitrogens is 5. The first-order valence-corrected chi connectivity index (χ1v) is 16.4. The van der Waals surface area contributed by atoms with Crippen LogP contribution in [0.3, 0.4) is 0 Å². The van der Waals surface area contributed by atoms with Crippen molar-refractivity contribution in [2.24, 2.45) is 0 Å². The van der Waals surface area contributed by atoms with Crippen LogP contribution in [-0.2, 0) is 30.8 Å². The van der Waals surface area contributed by atoms with Gasteiger partial charge < -0.3 is 25.6 Å². The van der Waals surface area contributed by atoms with Crippen molar-refractivity contribution >= 4 is 92.0 Å². The van der Waals surface area contributed by atoms with E-state index in [1.807, 2.05) is 48.5 Å². The van der Waals surface area contributed by atoms with E-state index in [0.717, 1.165) is 38.8 Å². The fourth-order valence-corrected chi connectivity index (χ4v) is 5.48. The van der Waals surface area contributed by atoms with Crippen molar-refractivity contribution in [3.05, 3.63) is 142 Å². The Morgan fingerprint density at radius 1 is 0.731 bits per heavy atom. The van der Waals surface area contributed by atoms with E-state index in [4.69, 9.17) is 15.9 Å². The first kappa shape index (κ1) is 40.7. The second-order valence-electron chi connectivity index (χ2n) is 10.0. The number of benzene rings is 1. The van der Waals surface area contributed by atoms with Gasteiger partial charge in [-0.05, 0) is 77.7 Å². The third kappa shape index (κ3) is 11.1. The van der Waals surface area contributed by atoms with Gasteiger partial charge in [-0.2, -0.15) is 10.3 Å². The number of nitrogens with zero attached hydrogens (tertiary/aromatic N) is 7. The van der Waals surface area contributed by atoms with Gasteiger partial charge in [-0.15, -0.1) is 11.3 Å². The Bertz CT molecular complexity index is 2350. The van der Waals surface area contributed by atoms with E-state index in [1.165, 1.54) is 33.5 Å². The Morgan fingerprint density at radius 3 is 1.90 bits per heavy atom. The van der Waals surface area contributed by atoms with Gasteiger partial charge in [-0.1, -0.05) is 54.8 Å². The molecule has 2 N–H and O–H groups in total. The zero-order chi connectivity index (χ0) is 36.6. The van der Waals surface area contributed by atoms with E-state index in [0.29, 0.717) is 11.4 Å². The molecule has 0 fully saturated rings. The van der Waals surface area contributed by atoms with E-state index < -0.39 is 11.9 Å². The molecule has 7 aromatic rings. The molecule has 0 atom stereocenters. The summed E-state index contributed by atoms with van der Waals surface area (Å²) in [4.78, 5) is 40.5. The maximum absolute atomic E-state index is 11.5. The summed E-state index contributed by atoms with van der Waals surface area (Å²) in [5.41, 5.74) is 5.72. The number of pyridine rings is 4. The summed E-state index contributed by atoms with van der Waals surface area (Å²) in [5, 5.41) is 39.2. The predicted octanol–water partition coefficient (Wildman–Crippen LogP) is 8.72. The monoisotopic (exact) mass is 829 g/mol. The molecule has 0 radical (unpaired) electrons. The second kappa shape index (κ2) is 20.8. The largest absolute Gasteiger partial charge is 2.00 e. The molecule has 15 heteroatoms. The molecule has 6 aromatic heterocycles. The molecule has 0 aliphatic carbocycles. The Morgan fingerprint density at radius 2 is 1.35 bits per heavy atom. The van der Waals surface area contributed by atoms with Crippen molar-refractivity contribution in [3.63, 3.8) is 0 Å². The number of carboxylic acids is 2. The number of aromatic carboxylic acids is 1. The summed E-state index contributed by atoms with van der Waals surface area (Å²) < 4.78 is 1.80. The number of isothiocyanates is 2. The molecule has 0 aliphatic heterocycles. The third-order valence-electron chi connectivity index (χ3n) is 6.91. The zero-order valence-electron chi connectivity index (χ0n) is 26.8. The van der Waals surface area contributed by atoms with E-state index in [-0.39, 0.29) is 31.6 Å². The Labute approximate surface area is 325 Å². The van der Waals surface area contributed by atoms with Gasteiger partial charge in [0.1, 0.15) is 6.54 Å². The minimum atomic E-state index is -0.963. The normalized spacial score (nSPS) is 9.85. The maximum atomic E-state index is 11.5. The topological polar surface area (TPSA) is 176 Å². The molecule has 0 bridgehead atoms. The molecule has 0 saturated carbocycles. The third-order valence-corrected chi connectivity index (χ3v) is 7.75. The summed E-state index contributed by atoms with van der Waals surface area (Å²) in [6.07, 6.45) is 10.7. The van der Waals surface area contributed by atoms with Crippen LogP contribution in [0, 0.1) is 0 Å². The van der Waals surface area contributed by atoms with Crippen molar-refractivity contribution in [2.75, 3.05) is 0 Å². The summed E-state index contributed by atoms with van der Waals surface area (Å²) in [6.45, 7) is -0.116. The summed E-state index contributed by atoms with van der Waals surface area (Å²) in [5.74, 6) is -1.85. The van der Waals surface area contributed by atoms with Gasteiger partial charge in [-0.3, -0.25) is 24.7 Å². The van der Waals surface area contributed by atoms with Gasteiger partial charge >= 0.3 is 31.4 Å². The smallest absolute Gasteiger partial charge is 0.753 e. The SMILES string of the molecule is O=C(O)Cn1c2ccc(/C=C/c3cccs3)cc2c2cc(-c3ccccn3)ncc21.O=C(O)c1ccnc(-c2ccccn2)c1.[N-]=C=S.[N-]=C=S.[Ru+2]. The van der Waals surface area contributed by atoms with E-state index in [2.05, 4.69) is 74.0 Å². The molecule has 258 valence electrons. The van der Waals surface area contributed by atoms with Crippen LogP contribution in [0.1, 0.15) is 20.8 Å². The number of rotatable bonds is 7. The van der Waals surface area contributed by atoms with Gasteiger partial charge in [0.25, 0.3) is 0 Å². The van der Waals surface area contributed by atoms with Crippen molar-refractivity contribution in [2.45, 2.75) is 6.54 Å². The number of aliphatic carboxylic acids is 1. The molecule has 6 heterocycles. The van der Waals surface area contributed by atoms with Crippen molar-refractivity contribution in [3.8, 4) is 22.8 Å². The van der Waals surface area contributed by atoms with Gasteiger partial charge in [0.15, 0.2) is 0 Å². The van der Waals surface area contributed by atoms with Gasteiger partial charge in [0, 0.05) is 39.8 Å². The van der Waals surface area contributed by atoms with Crippen LogP contribution >= 0.6 is 35.8 Å². The van der Waals surface area contributed by atoms with Crippen LogP contribution in [0.5, 0.6) is 0 Å². The zero-order valence-corrected chi connectivity index (χ0v) is 30.9. The van der Waals surface area contributed by atoms with Gasteiger partial charge in [0.2, 0.25) is 0 Å². The Balaban J connectivity index is 0.000000278. The average molecular weight is 829 g/mol. The number of hydrogen-bond acceptors (Lipinski definition) is 9. The molecule has 0 amide bonds. The molecular formula is C37H25N7O4RuS3. The van der Waals surface area contributed by atoms with Crippen LogP contribution < -0.4 is 0 Å². The summed E-state index contributed by atoms with van der Waals surface area (Å²) in [6, 6.07) is 26.3. The molecule has 0 unspecified atom stereocenters. The minimum absolute atomic E-state index is 0. The van der Waals surface area contributed by atoms with Crippen molar-refractivity contribution in [1.82, 2.24) is 24.5 Å². The van der Waals surface area contributed by atoms with E-state index in [1.54, 1.807) is 46.6 Å². The standard InChI is InChI=1S/C24H17N3O2S.C11H8N2O2.2CNS.Ru/c28-24(29)15-27-22-9-7-16(6-8-17-4-3-11-30-17)12-18(22)19-13-21(26-14-23(19)27)20-5-1-2-10-25-20;14-11(15)8-4-6-13-10(7-8)9-3-1-2-5-12-9;2*2-1-3;/h1-14H,15H2,(H,28,29);1-7H,(H,14,15);;;/q;;2*-1;+2/b8-6+;;;;. The number of hydrogen-bond donors (Lipinski definition) is 2. The summed E-state index contributed by atoms with van der Waals surface area (Å²) >= 11 is 9.09. The van der Waals surface area contributed by atoms with Gasteiger partial charge in [0.05, 0.1) is 40.1 Å². The number of carboxylic acid groups (broad SMARTS) is 2. The van der Waals surface area contributed by atoms with Crippen LogP contribution in [0.25, 0.3) is 67.6 Å². The maximum Gasteiger partial charge on any atom is 2.00 e. The van der Waals surface area contributed by atoms with Crippen LogP contribution in [0.2, 0.25) is 0 Å². The molecule has 0 saturated heterocycles. The number of fused-ring (bicyclic) bond motifs is 3. The van der Waals surface area contributed by atoms with Gasteiger partial charge in [-0.25, -0.2) is 4.79 Å². The minimum Gasteiger partial charge on any atom is -0.753 e. The van der Waals surface area contributed by atoms with E-state index >= 15 is 0 Å². The second-order valence-corrected chi connectivity index (χ2v) is 11.4.